The molecule has 1 N–H and O–H groups in total. The van der Waals surface area contributed by atoms with Gasteiger partial charge in [0.05, 0.1) is 11.5 Å². The molecule has 0 saturated carbocycles. The van der Waals surface area contributed by atoms with Crippen LogP contribution in [0.3, 0.4) is 0 Å². The summed E-state index contributed by atoms with van der Waals surface area (Å²) in [5.74, 6) is 0.885. The molecule has 5 nitrogen and oxygen atoms in total. The monoisotopic (exact) mass is 388 g/mol. The Hall–Kier alpha value is -1.89. The van der Waals surface area contributed by atoms with Crippen molar-refractivity contribution in [2.75, 3.05) is 19.7 Å². The molecule has 0 amide bonds. The molecule has 0 aliphatic carbocycles. The quantitative estimate of drug-likeness (QED) is 0.790. The van der Waals surface area contributed by atoms with Crippen molar-refractivity contribution < 1.29 is 13.2 Å². The van der Waals surface area contributed by atoms with Crippen molar-refractivity contribution >= 4 is 10.0 Å². The standard InChI is InChI=1S/C21H28N2O3S/c1-3-26-20-8-6-18(7-9-20)16-22-19-12-14-23(15-13-19)27(24,25)21-10-4-17(2)5-11-21/h4-11,19,22H,3,12-16H2,1-2H3. The first kappa shape index (κ1) is 19.9. The zero-order valence-electron chi connectivity index (χ0n) is 16.0. The summed E-state index contributed by atoms with van der Waals surface area (Å²) in [7, 11) is -3.39. The summed E-state index contributed by atoms with van der Waals surface area (Å²) in [6, 6.07) is 15.5. The highest BCUT2D eigenvalue weighted by molar-refractivity contribution is 7.89. The molecule has 0 unspecified atom stereocenters. The Morgan fingerprint density at radius 3 is 2.26 bits per heavy atom. The maximum absolute atomic E-state index is 12.8. The van der Waals surface area contributed by atoms with Gasteiger partial charge in [-0.3, -0.25) is 0 Å². The van der Waals surface area contributed by atoms with Crippen molar-refractivity contribution in [3.63, 3.8) is 0 Å². The number of hydrogen-bond acceptors (Lipinski definition) is 4. The minimum atomic E-state index is -3.39. The fraction of sp³-hybridized carbons (Fsp3) is 0.429. The molecule has 1 aliphatic heterocycles. The number of piperidine rings is 1. The van der Waals surface area contributed by atoms with Crippen LogP contribution in [0.2, 0.25) is 0 Å². The number of nitrogens with one attached hydrogen (secondary N) is 1. The van der Waals surface area contributed by atoms with Gasteiger partial charge in [-0.1, -0.05) is 29.8 Å². The molecule has 0 atom stereocenters. The fourth-order valence-corrected chi connectivity index (χ4v) is 4.76. The number of rotatable bonds is 7. The lowest BCUT2D eigenvalue weighted by Gasteiger charge is -2.31. The van der Waals surface area contributed by atoms with Gasteiger partial charge in [0.15, 0.2) is 0 Å². The SMILES string of the molecule is CCOc1ccc(CNC2CCN(S(=O)(=O)c3ccc(C)cc3)CC2)cc1. The van der Waals surface area contributed by atoms with Crippen LogP contribution in [0.15, 0.2) is 53.4 Å². The zero-order chi connectivity index (χ0) is 19.3. The molecule has 0 aromatic heterocycles. The molecular weight excluding hydrogens is 360 g/mol. The summed E-state index contributed by atoms with van der Waals surface area (Å²) in [5.41, 5.74) is 2.26. The average molecular weight is 389 g/mol. The van der Waals surface area contributed by atoms with E-state index >= 15 is 0 Å². The molecule has 3 rings (SSSR count). The van der Waals surface area contributed by atoms with Crippen molar-refractivity contribution in [3.05, 3.63) is 59.7 Å². The lowest BCUT2D eigenvalue weighted by atomic mass is 10.1. The Labute approximate surface area is 162 Å². The first-order chi connectivity index (χ1) is 13.0. The van der Waals surface area contributed by atoms with Gasteiger partial charge in [-0.2, -0.15) is 4.31 Å². The molecule has 0 radical (unpaired) electrons. The van der Waals surface area contributed by atoms with Gasteiger partial charge < -0.3 is 10.1 Å². The van der Waals surface area contributed by atoms with E-state index in [1.54, 1.807) is 16.4 Å². The van der Waals surface area contributed by atoms with E-state index in [2.05, 4.69) is 17.4 Å². The maximum Gasteiger partial charge on any atom is 0.243 e. The minimum absolute atomic E-state index is 0.334. The van der Waals surface area contributed by atoms with Gasteiger partial charge in [0.2, 0.25) is 10.0 Å². The van der Waals surface area contributed by atoms with Gasteiger partial charge in [-0.25, -0.2) is 8.42 Å². The molecule has 6 heteroatoms. The van der Waals surface area contributed by atoms with Crippen molar-refractivity contribution in [1.82, 2.24) is 9.62 Å². The summed E-state index contributed by atoms with van der Waals surface area (Å²) in [4.78, 5) is 0.383. The van der Waals surface area contributed by atoms with Crippen LogP contribution < -0.4 is 10.1 Å². The molecule has 1 saturated heterocycles. The van der Waals surface area contributed by atoms with Gasteiger partial charge in [0.25, 0.3) is 0 Å². The van der Waals surface area contributed by atoms with Crippen LogP contribution in [0, 0.1) is 6.92 Å². The summed E-state index contributed by atoms with van der Waals surface area (Å²) in [6.45, 7) is 6.48. The highest BCUT2D eigenvalue weighted by Gasteiger charge is 2.29. The van der Waals surface area contributed by atoms with E-state index in [4.69, 9.17) is 4.74 Å². The third kappa shape index (κ3) is 5.09. The van der Waals surface area contributed by atoms with E-state index in [1.165, 1.54) is 5.56 Å². The third-order valence-electron chi connectivity index (χ3n) is 4.94. The molecular formula is C21H28N2O3S. The third-order valence-corrected chi connectivity index (χ3v) is 6.85. The Kier molecular flexibility index (Phi) is 6.52. The molecule has 27 heavy (non-hydrogen) atoms. The van der Waals surface area contributed by atoms with Crippen LogP contribution in [0.5, 0.6) is 5.75 Å². The number of sulfonamides is 1. The largest absolute Gasteiger partial charge is 0.494 e. The lowest BCUT2D eigenvalue weighted by molar-refractivity contribution is 0.288. The van der Waals surface area contributed by atoms with Crippen LogP contribution >= 0.6 is 0 Å². The van der Waals surface area contributed by atoms with E-state index in [-0.39, 0.29) is 0 Å². The van der Waals surface area contributed by atoms with E-state index in [1.807, 2.05) is 38.1 Å². The minimum Gasteiger partial charge on any atom is -0.494 e. The van der Waals surface area contributed by atoms with Gasteiger partial charge in [0.1, 0.15) is 5.75 Å². The topological polar surface area (TPSA) is 58.6 Å². The molecule has 2 aromatic rings. The highest BCUT2D eigenvalue weighted by atomic mass is 32.2. The van der Waals surface area contributed by atoms with Crippen LogP contribution in [0.25, 0.3) is 0 Å². The maximum atomic E-state index is 12.8. The second-order valence-corrected chi connectivity index (χ2v) is 8.89. The number of nitrogens with zero attached hydrogens (tertiary/aromatic N) is 1. The number of ether oxygens (including phenoxy) is 1. The fourth-order valence-electron chi connectivity index (χ4n) is 3.29. The van der Waals surface area contributed by atoms with Crippen molar-refractivity contribution in [1.29, 1.82) is 0 Å². The van der Waals surface area contributed by atoms with Crippen molar-refractivity contribution in [3.8, 4) is 5.75 Å². The first-order valence-electron chi connectivity index (χ1n) is 9.51. The van der Waals surface area contributed by atoms with Crippen LogP contribution in [-0.4, -0.2) is 38.5 Å². The predicted octanol–water partition coefficient (Wildman–Crippen LogP) is 3.34. The smallest absolute Gasteiger partial charge is 0.243 e. The normalized spacial score (nSPS) is 16.4. The molecule has 2 aromatic carbocycles. The Morgan fingerprint density at radius 1 is 1.04 bits per heavy atom. The van der Waals surface area contributed by atoms with E-state index in [0.717, 1.165) is 30.7 Å². The summed E-state index contributed by atoms with van der Waals surface area (Å²) < 4.78 is 32.6. The first-order valence-corrected chi connectivity index (χ1v) is 10.9. The number of hydrogen-bond donors (Lipinski definition) is 1. The van der Waals surface area contributed by atoms with Crippen LogP contribution in [-0.2, 0) is 16.6 Å². The molecule has 1 fully saturated rings. The van der Waals surface area contributed by atoms with Crippen molar-refractivity contribution in [2.24, 2.45) is 0 Å². The molecule has 0 bridgehead atoms. The molecule has 146 valence electrons. The second-order valence-electron chi connectivity index (χ2n) is 6.95. The molecule has 1 heterocycles. The Balaban J connectivity index is 1.50. The van der Waals surface area contributed by atoms with Gasteiger partial charge in [-0.05, 0) is 56.5 Å². The predicted molar refractivity (Wildman–Crippen MR) is 107 cm³/mol. The van der Waals surface area contributed by atoms with Crippen LogP contribution in [0.4, 0.5) is 0 Å². The van der Waals surface area contributed by atoms with E-state index < -0.39 is 10.0 Å². The zero-order valence-corrected chi connectivity index (χ0v) is 16.8. The number of aryl methyl sites for hydroxylation is 1. The van der Waals surface area contributed by atoms with Gasteiger partial charge >= 0.3 is 0 Å². The summed E-state index contributed by atoms with van der Waals surface area (Å²) in [5, 5.41) is 3.55. The van der Waals surface area contributed by atoms with Crippen molar-refractivity contribution in [2.45, 2.75) is 44.2 Å². The van der Waals surface area contributed by atoms with E-state index in [9.17, 15) is 8.42 Å². The second kappa shape index (κ2) is 8.87. The van der Waals surface area contributed by atoms with Gasteiger partial charge in [-0.15, -0.1) is 0 Å². The highest BCUT2D eigenvalue weighted by Crippen LogP contribution is 2.21. The van der Waals surface area contributed by atoms with Gasteiger partial charge in [0, 0.05) is 25.7 Å². The molecule has 0 spiro atoms. The summed E-state index contributed by atoms with van der Waals surface area (Å²) in [6.07, 6.45) is 1.64. The number of benzene rings is 2. The summed E-state index contributed by atoms with van der Waals surface area (Å²) >= 11 is 0. The Bertz CT molecular complexity index is 825. The average Bonchev–Trinajstić information content (AvgIpc) is 2.68. The Morgan fingerprint density at radius 2 is 1.67 bits per heavy atom. The lowest BCUT2D eigenvalue weighted by Crippen LogP contribution is -2.44. The van der Waals surface area contributed by atoms with Crippen LogP contribution in [0.1, 0.15) is 30.9 Å². The molecule has 1 aliphatic rings. The van der Waals surface area contributed by atoms with E-state index in [0.29, 0.717) is 30.6 Å².